The highest BCUT2D eigenvalue weighted by Crippen LogP contribution is 2.09. The third-order valence-corrected chi connectivity index (χ3v) is 1.19. The number of aliphatic hydroxyl groups is 1. The lowest BCUT2D eigenvalue weighted by Crippen LogP contribution is -2.24. The van der Waals surface area contributed by atoms with Crippen LogP contribution >= 0.6 is 0 Å². The minimum atomic E-state index is -0.433. The highest BCUT2D eigenvalue weighted by atomic mass is 16.6. The first-order valence-corrected chi connectivity index (χ1v) is 4.21. The van der Waals surface area contributed by atoms with Crippen LogP contribution in [0.25, 0.3) is 0 Å². The van der Waals surface area contributed by atoms with E-state index in [4.69, 9.17) is 9.84 Å². The molecule has 12 heavy (non-hydrogen) atoms. The molecule has 0 spiro atoms. The van der Waals surface area contributed by atoms with Gasteiger partial charge in [0.15, 0.2) is 0 Å². The highest BCUT2D eigenvalue weighted by Gasteiger charge is 2.16. The molecule has 0 fully saturated rings. The molecule has 0 aliphatic heterocycles. The Balaban J connectivity index is 3.61. The van der Waals surface area contributed by atoms with E-state index >= 15 is 0 Å². The summed E-state index contributed by atoms with van der Waals surface area (Å²) in [6, 6.07) is 0. The molecule has 0 heterocycles. The van der Waals surface area contributed by atoms with E-state index in [1.165, 1.54) is 0 Å². The Hall–Kier alpha value is -0.570. The number of ether oxygens (including phenoxy) is 1. The zero-order valence-electron chi connectivity index (χ0n) is 8.26. The highest BCUT2D eigenvalue weighted by molar-refractivity contribution is 5.69. The predicted molar refractivity (Wildman–Crippen MR) is 46.8 cm³/mol. The van der Waals surface area contributed by atoms with Crippen LogP contribution in [0.2, 0.25) is 0 Å². The minimum Gasteiger partial charge on any atom is -0.460 e. The molecular formula is C9H18O3. The Bertz CT molecular complexity index is 144. The van der Waals surface area contributed by atoms with Crippen LogP contribution in [0.4, 0.5) is 0 Å². The van der Waals surface area contributed by atoms with Crippen LogP contribution in [0, 0.1) is 0 Å². The van der Waals surface area contributed by atoms with Crippen molar-refractivity contribution >= 4 is 5.97 Å². The van der Waals surface area contributed by atoms with E-state index in [1.807, 2.05) is 20.8 Å². The molecule has 0 unspecified atom stereocenters. The van der Waals surface area contributed by atoms with Crippen LogP contribution in [-0.4, -0.2) is 22.8 Å². The lowest BCUT2D eigenvalue weighted by Gasteiger charge is -2.19. The van der Waals surface area contributed by atoms with Crippen molar-refractivity contribution in [1.82, 2.24) is 0 Å². The Morgan fingerprint density at radius 3 is 2.33 bits per heavy atom. The first-order chi connectivity index (χ1) is 5.31. The molecule has 1 N–H and O–H groups in total. The maximum Gasteiger partial charge on any atom is 0.306 e. The Morgan fingerprint density at radius 1 is 1.50 bits per heavy atom. The molecule has 0 saturated carbocycles. The first-order valence-electron chi connectivity index (χ1n) is 4.21. The summed E-state index contributed by atoms with van der Waals surface area (Å²) in [5.74, 6) is -0.247. The van der Waals surface area contributed by atoms with Crippen LogP contribution < -0.4 is 0 Å². The number of carbonyl (C=O) groups excluding carboxylic acids is 1. The molecule has 3 nitrogen and oxygen atoms in total. The summed E-state index contributed by atoms with van der Waals surface area (Å²) >= 11 is 0. The average molecular weight is 174 g/mol. The van der Waals surface area contributed by atoms with Gasteiger partial charge in [0.05, 0.1) is 6.10 Å². The van der Waals surface area contributed by atoms with E-state index in [-0.39, 0.29) is 12.4 Å². The fourth-order valence-electron chi connectivity index (χ4n) is 0.719. The van der Waals surface area contributed by atoms with Crippen molar-refractivity contribution in [3.63, 3.8) is 0 Å². The van der Waals surface area contributed by atoms with Gasteiger partial charge in [0.25, 0.3) is 0 Å². The molecule has 0 radical (unpaired) electrons. The molecule has 0 aromatic rings. The van der Waals surface area contributed by atoms with Gasteiger partial charge in [-0.2, -0.15) is 0 Å². The molecule has 0 aromatic carbocycles. The molecular weight excluding hydrogens is 156 g/mol. The monoisotopic (exact) mass is 174 g/mol. The van der Waals surface area contributed by atoms with Crippen molar-refractivity contribution in [2.24, 2.45) is 0 Å². The number of hydrogen-bond acceptors (Lipinski definition) is 3. The third-order valence-electron chi connectivity index (χ3n) is 1.19. The average Bonchev–Trinajstić information content (AvgIpc) is 1.79. The molecule has 1 atom stereocenters. The van der Waals surface area contributed by atoms with E-state index in [9.17, 15) is 4.79 Å². The second kappa shape index (κ2) is 4.45. The second-order valence-electron chi connectivity index (χ2n) is 3.97. The molecule has 72 valence electrons. The van der Waals surface area contributed by atoms with Gasteiger partial charge in [0.2, 0.25) is 0 Å². The number of esters is 1. The Kier molecular flexibility index (Phi) is 4.24. The fourth-order valence-corrected chi connectivity index (χ4v) is 0.719. The quantitative estimate of drug-likeness (QED) is 0.659. The van der Waals surface area contributed by atoms with Crippen molar-refractivity contribution in [2.75, 3.05) is 0 Å². The normalized spacial score (nSPS) is 14.1. The molecule has 0 saturated heterocycles. The maximum absolute atomic E-state index is 11.0. The van der Waals surface area contributed by atoms with Crippen molar-refractivity contribution in [1.29, 1.82) is 0 Å². The number of carbonyl (C=O) groups is 1. The SMILES string of the molecule is C[C@H](O)CCC(=O)OC(C)(C)C. The lowest BCUT2D eigenvalue weighted by molar-refractivity contribution is -0.155. The molecule has 0 rings (SSSR count). The van der Waals surface area contributed by atoms with E-state index in [1.54, 1.807) is 6.92 Å². The molecule has 3 heteroatoms. The van der Waals surface area contributed by atoms with E-state index in [2.05, 4.69) is 0 Å². The summed E-state index contributed by atoms with van der Waals surface area (Å²) in [6.07, 6.45) is 0.321. The van der Waals surface area contributed by atoms with Crippen molar-refractivity contribution in [3.05, 3.63) is 0 Å². The summed E-state index contributed by atoms with van der Waals surface area (Å²) in [5.41, 5.74) is -0.421. The first kappa shape index (κ1) is 11.4. The zero-order chi connectivity index (χ0) is 9.78. The Morgan fingerprint density at radius 2 is 2.00 bits per heavy atom. The van der Waals surface area contributed by atoms with Gasteiger partial charge in [-0.25, -0.2) is 0 Å². The Labute approximate surface area is 73.7 Å². The van der Waals surface area contributed by atoms with Gasteiger partial charge in [-0.3, -0.25) is 4.79 Å². The van der Waals surface area contributed by atoms with Gasteiger partial charge >= 0.3 is 5.97 Å². The summed E-state index contributed by atoms with van der Waals surface area (Å²) in [4.78, 5) is 11.0. The maximum atomic E-state index is 11.0. The summed E-state index contributed by atoms with van der Waals surface area (Å²) in [6.45, 7) is 7.14. The number of hydrogen-bond donors (Lipinski definition) is 1. The standard InChI is InChI=1S/C9H18O3/c1-7(10)5-6-8(11)12-9(2,3)4/h7,10H,5-6H2,1-4H3/t7-/m0/s1. The lowest BCUT2D eigenvalue weighted by atomic mass is 10.2. The van der Waals surface area contributed by atoms with Crippen LogP contribution in [-0.2, 0) is 9.53 Å². The summed E-state index contributed by atoms with van der Waals surface area (Å²) in [5, 5.41) is 8.89. The molecule has 0 aromatic heterocycles. The van der Waals surface area contributed by atoms with Crippen molar-refractivity contribution in [3.8, 4) is 0 Å². The van der Waals surface area contributed by atoms with Gasteiger partial charge < -0.3 is 9.84 Å². The molecule has 0 aliphatic rings. The van der Waals surface area contributed by atoms with Crippen molar-refractivity contribution < 1.29 is 14.6 Å². The van der Waals surface area contributed by atoms with Crippen LogP contribution in [0.3, 0.4) is 0 Å². The van der Waals surface area contributed by atoms with Gasteiger partial charge in [-0.15, -0.1) is 0 Å². The van der Waals surface area contributed by atoms with Crippen LogP contribution in [0.1, 0.15) is 40.5 Å². The van der Waals surface area contributed by atoms with Crippen molar-refractivity contribution in [2.45, 2.75) is 52.2 Å². The topological polar surface area (TPSA) is 46.5 Å². The number of rotatable bonds is 3. The largest absolute Gasteiger partial charge is 0.460 e. The van der Waals surface area contributed by atoms with E-state index < -0.39 is 11.7 Å². The van der Waals surface area contributed by atoms with Gasteiger partial charge in [0.1, 0.15) is 5.60 Å². The van der Waals surface area contributed by atoms with E-state index in [0.717, 1.165) is 0 Å². The summed E-state index contributed by atoms with van der Waals surface area (Å²) in [7, 11) is 0. The van der Waals surface area contributed by atoms with Gasteiger partial charge in [0, 0.05) is 6.42 Å². The fraction of sp³-hybridized carbons (Fsp3) is 0.889. The minimum absolute atomic E-state index is 0.247. The second-order valence-corrected chi connectivity index (χ2v) is 3.97. The predicted octanol–water partition coefficient (Wildman–Crippen LogP) is 1.49. The smallest absolute Gasteiger partial charge is 0.306 e. The molecule has 0 bridgehead atoms. The summed E-state index contributed by atoms with van der Waals surface area (Å²) < 4.78 is 5.04. The third kappa shape index (κ3) is 7.54. The zero-order valence-corrected chi connectivity index (χ0v) is 8.26. The van der Waals surface area contributed by atoms with Crippen LogP contribution in [0.5, 0.6) is 0 Å². The molecule has 0 aliphatic carbocycles. The van der Waals surface area contributed by atoms with Gasteiger partial charge in [-0.05, 0) is 34.1 Å². The van der Waals surface area contributed by atoms with Gasteiger partial charge in [-0.1, -0.05) is 0 Å². The van der Waals surface area contributed by atoms with E-state index in [0.29, 0.717) is 6.42 Å². The van der Waals surface area contributed by atoms with Crippen LogP contribution in [0.15, 0.2) is 0 Å². The molecule has 0 amide bonds. The number of aliphatic hydroxyl groups excluding tert-OH is 1.